The summed E-state index contributed by atoms with van der Waals surface area (Å²) in [5.74, 6) is 0.414. The van der Waals surface area contributed by atoms with Gasteiger partial charge in [0.25, 0.3) is 0 Å². The highest BCUT2D eigenvalue weighted by atomic mass is 32.2. The first-order valence-corrected chi connectivity index (χ1v) is 8.89. The zero-order valence-corrected chi connectivity index (χ0v) is 14.8. The van der Waals surface area contributed by atoms with Crippen molar-refractivity contribution in [3.8, 4) is 5.75 Å². The van der Waals surface area contributed by atoms with E-state index in [1.165, 1.54) is 30.1 Å². The lowest BCUT2D eigenvalue weighted by molar-refractivity contribution is -0.117. The van der Waals surface area contributed by atoms with Crippen molar-refractivity contribution >= 4 is 45.9 Å². The molecule has 8 nitrogen and oxygen atoms in total. The van der Waals surface area contributed by atoms with Crippen LogP contribution in [-0.2, 0) is 4.79 Å². The zero-order chi connectivity index (χ0) is 17.4. The minimum Gasteiger partial charge on any atom is -0.492 e. The summed E-state index contributed by atoms with van der Waals surface area (Å²) < 4.78 is 6.16. The molecule has 0 unspecified atom stereocenters. The van der Waals surface area contributed by atoms with Gasteiger partial charge in [-0.15, -0.1) is 10.2 Å². The van der Waals surface area contributed by atoms with Crippen LogP contribution in [-0.4, -0.2) is 41.5 Å². The van der Waals surface area contributed by atoms with Crippen molar-refractivity contribution in [2.24, 2.45) is 0 Å². The lowest BCUT2D eigenvalue weighted by atomic mass is 10.3. The van der Waals surface area contributed by atoms with Crippen LogP contribution >= 0.6 is 23.1 Å². The van der Waals surface area contributed by atoms with E-state index in [0.29, 0.717) is 16.1 Å². The number of thioether (sulfide) groups is 1. The van der Waals surface area contributed by atoms with E-state index in [1.54, 1.807) is 0 Å². The van der Waals surface area contributed by atoms with Crippen LogP contribution in [0.15, 0.2) is 28.6 Å². The molecule has 10 heteroatoms. The first-order valence-electron chi connectivity index (χ1n) is 7.09. The monoisotopic (exact) mass is 367 g/mol. The highest BCUT2D eigenvalue weighted by Crippen LogP contribution is 2.31. The summed E-state index contributed by atoms with van der Waals surface area (Å²) in [6.45, 7) is 2.48. The quantitative estimate of drug-likeness (QED) is 0.644. The number of imide groups is 1. The number of nitrogens with one attached hydrogen (secondary N) is 3. The molecule has 1 aromatic heterocycles. The Kier molecular flexibility index (Phi) is 6.82. The van der Waals surface area contributed by atoms with Gasteiger partial charge in [-0.2, -0.15) is 0 Å². The molecule has 2 aromatic rings. The summed E-state index contributed by atoms with van der Waals surface area (Å²) in [5.41, 5.74) is 0.796. The molecular weight excluding hydrogens is 350 g/mol. The van der Waals surface area contributed by atoms with Crippen molar-refractivity contribution in [1.29, 1.82) is 0 Å². The second-order valence-electron chi connectivity index (χ2n) is 4.34. The lowest BCUT2D eigenvalue weighted by Crippen LogP contribution is -2.38. The molecule has 2 rings (SSSR count). The molecule has 0 atom stereocenters. The number of benzene rings is 1. The van der Waals surface area contributed by atoms with Crippen LogP contribution < -0.4 is 20.7 Å². The molecular formula is C14H17N5O3S2. The Hall–Kier alpha value is -2.33. The number of nitrogens with zero attached hydrogens (tertiary/aromatic N) is 2. The Morgan fingerprint density at radius 2 is 2.08 bits per heavy atom. The Labute approximate surface area is 147 Å². The number of para-hydroxylation sites is 2. The molecule has 0 aliphatic rings. The van der Waals surface area contributed by atoms with Gasteiger partial charge in [0, 0.05) is 7.05 Å². The van der Waals surface area contributed by atoms with Gasteiger partial charge in [0.1, 0.15) is 5.75 Å². The van der Waals surface area contributed by atoms with E-state index in [1.807, 2.05) is 31.2 Å². The molecule has 128 valence electrons. The van der Waals surface area contributed by atoms with Crippen LogP contribution in [0.4, 0.5) is 15.6 Å². The summed E-state index contributed by atoms with van der Waals surface area (Å²) >= 11 is 2.52. The van der Waals surface area contributed by atoms with Crippen LogP contribution in [0.3, 0.4) is 0 Å². The number of amides is 3. The number of rotatable bonds is 7. The fourth-order valence-electron chi connectivity index (χ4n) is 1.64. The van der Waals surface area contributed by atoms with E-state index in [4.69, 9.17) is 4.74 Å². The Balaban J connectivity index is 1.92. The Bertz CT molecular complexity index is 707. The molecule has 1 aromatic carbocycles. The standard InChI is InChI=1S/C14H17N5O3S2/c1-3-22-10-7-5-4-6-9(10)16-13-18-19-14(24-13)23-8-11(20)17-12(21)15-2/h4-7H,3,8H2,1-2H3,(H,16,18)(H2,15,17,20,21). The van der Waals surface area contributed by atoms with Crippen LogP contribution in [0.5, 0.6) is 5.75 Å². The highest BCUT2D eigenvalue weighted by Gasteiger charge is 2.11. The van der Waals surface area contributed by atoms with Gasteiger partial charge < -0.3 is 15.4 Å². The summed E-state index contributed by atoms with van der Waals surface area (Å²) in [7, 11) is 1.44. The van der Waals surface area contributed by atoms with Gasteiger partial charge >= 0.3 is 6.03 Å². The van der Waals surface area contributed by atoms with E-state index < -0.39 is 11.9 Å². The first kappa shape index (κ1) is 18.0. The number of ether oxygens (including phenoxy) is 1. The van der Waals surface area contributed by atoms with E-state index in [-0.39, 0.29) is 5.75 Å². The second-order valence-corrected chi connectivity index (χ2v) is 6.54. The predicted molar refractivity (Wildman–Crippen MR) is 94.1 cm³/mol. The number of hydrogen-bond donors (Lipinski definition) is 3. The zero-order valence-electron chi connectivity index (χ0n) is 13.2. The molecule has 3 N–H and O–H groups in total. The Morgan fingerprint density at radius 3 is 2.83 bits per heavy atom. The van der Waals surface area contributed by atoms with Gasteiger partial charge in [0.2, 0.25) is 11.0 Å². The predicted octanol–water partition coefficient (Wildman–Crippen LogP) is 2.23. The molecule has 1 heterocycles. The number of carbonyl (C=O) groups is 2. The van der Waals surface area contributed by atoms with Gasteiger partial charge in [-0.3, -0.25) is 10.1 Å². The Morgan fingerprint density at radius 1 is 1.29 bits per heavy atom. The third-order valence-electron chi connectivity index (χ3n) is 2.64. The maximum absolute atomic E-state index is 11.5. The molecule has 0 spiro atoms. The minimum atomic E-state index is -0.534. The van der Waals surface area contributed by atoms with Crippen molar-refractivity contribution in [1.82, 2.24) is 20.8 Å². The highest BCUT2D eigenvalue weighted by molar-refractivity contribution is 8.01. The summed E-state index contributed by atoms with van der Waals surface area (Å²) in [6, 6.07) is 7.00. The number of urea groups is 1. The first-order chi connectivity index (χ1) is 11.6. The third kappa shape index (κ3) is 5.39. The van der Waals surface area contributed by atoms with E-state index >= 15 is 0 Å². The van der Waals surface area contributed by atoms with Crippen molar-refractivity contribution < 1.29 is 14.3 Å². The van der Waals surface area contributed by atoms with Crippen LogP contribution in [0.1, 0.15) is 6.92 Å². The average molecular weight is 367 g/mol. The van der Waals surface area contributed by atoms with Crippen molar-refractivity contribution in [2.75, 3.05) is 24.7 Å². The molecule has 24 heavy (non-hydrogen) atoms. The fourth-order valence-corrected chi connectivity index (χ4v) is 3.20. The molecule has 0 bridgehead atoms. The summed E-state index contributed by atoms with van der Waals surface area (Å²) in [6.07, 6.45) is 0. The van der Waals surface area contributed by atoms with Crippen molar-refractivity contribution in [3.63, 3.8) is 0 Å². The normalized spacial score (nSPS) is 10.1. The second kappa shape index (κ2) is 9.08. The summed E-state index contributed by atoms with van der Waals surface area (Å²) in [5, 5.41) is 16.3. The molecule has 0 saturated carbocycles. The molecule has 0 saturated heterocycles. The van der Waals surface area contributed by atoms with E-state index in [9.17, 15) is 9.59 Å². The molecule has 0 aliphatic carbocycles. The van der Waals surface area contributed by atoms with Crippen molar-refractivity contribution in [2.45, 2.75) is 11.3 Å². The average Bonchev–Trinajstić information content (AvgIpc) is 3.02. The van der Waals surface area contributed by atoms with Gasteiger partial charge in [0.05, 0.1) is 18.0 Å². The maximum Gasteiger partial charge on any atom is 0.321 e. The van der Waals surface area contributed by atoms with E-state index in [2.05, 4.69) is 26.1 Å². The topological polar surface area (TPSA) is 105 Å². The fraction of sp³-hybridized carbons (Fsp3) is 0.286. The molecule has 3 amide bonds. The minimum absolute atomic E-state index is 0.0809. The number of aromatic nitrogens is 2. The third-order valence-corrected chi connectivity index (χ3v) is 4.61. The van der Waals surface area contributed by atoms with Gasteiger partial charge in [-0.05, 0) is 19.1 Å². The van der Waals surface area contributed by atoms with Gasteiger partial charge in [-0.1, -0.05) is 35.2 Å². The smallest absolute Gasteiger partial charge is 0.321 e. The molecule has 0 radical (unpaired) electrons. The van der Waals surface area contributed by atoms with Crippen LogP contribution in [0.2, 0.25) is 0 Å². The summed E-state index contributed by atoms with van der Waals surface area (Å²) in [4.78, 5) is 22.6. The largest absolute Gasteiger partial charge is 0.492 e. The lowest BCUT2D eigenvalue weighted by Gasteiger charge is -2.09. The van der Waals surface area contributed by atoms with Gasteiger partial charge in [0.15, 0.2) is 4.34 Å². The van der Waals surface area contributed by atoms with Crippen molar-refractivity contribution in [3.05, 3.63) is 24.3 Å². The van der Waals surface area contributed by atoms with Crippen LogP contribution in [0, 0.1) is 0 Å². The SMILES string of the molecule is CCOc1ccccc1Nc1nnc(SCC(=O)NC(=O)NC)s1. The number of anilines is 2. The number of carbonyl (C=O) groups excluding carboxylic acids is 2. The number of hydrogen-bond acceptors (Lipinski definition) is 8. The van der Waals surface area contributed by atoms with E-state index in [0.717, 1.165) is 11.4 Å². The maximum atomic E-state index is 11.5. The van der Waals surface area contributed by atoms with Crippen LogP contribution in [0.25, 0.3) is 0 Å². The molecule has 0 fully saturated rings. The van der Waals surface area contributed by atoms with Gasteiger partial charge in [-0.25, -0.2) is 4.79 Å². The molecule has 0 aliphatic heterocycles.